The van der Waals surface area contributed by atoms with E-state index in [-0.39, 0.29) is 23.7 Å². The van der Waals surface area contributed by atoms with Crippen LogP contribution in [0.3, 0.4) is 0 Å². The molecule has 1 aromatic heterocycles. The number of anilines is 1. The van der Waals surface area contributed by atoms with Crippen LogP contribution in [0, 0.1) is 10.1 Å². The predicted molar refractivity (Wildman–Crippen MR) is 105 cm³/mol. The van der Waals surface area contributed by atoms with E-state index in [1.54, 1.807) is 36.4 Å². The topological polar surface area (TPSA) is 123 Å². The molecule has 30 heavy (non-hydrogen) atoms. The van der Waals surface area contributed by atoms with Gasteiger partial charge in [-0.3, -0.25) is 9.69 Å². The normalized spacial score (nSPS) is 15.3. The Morgan fingerprint density at radius 2 is 1.90 bits per heavy atom. The minimum atomic E-state index is -1.10. The molecule has 1 N–H and O–H groups in total. The zero-order chi connectivity index (χ0) is 21.3. The van der Waals surface area contributed by atoms with Gasteiger partial charge in [0.1, 0.15) is 0 Å². The SMILES string of the molecule is O=C(O)c1cccc(CN2C(=O)C(c3ccccc3)Oc3ccc([N+](=O)[O-])nc32)c1. The number of nitrogens with zero attached hydrogens (tertiary/aromatic N) is 3. The highest BCUT2D eigenvalue weighted by Gasteiger charge is 2.39. The third-order valence-electron chi connectivity index (χ3n) is 4.62. The van der Waals surface area contributed by atoms with Crippen molar-refractivity contribution < 1.29 is 24.4 Å². The minimum absolute atomic E-state index is 0.0158. The Bertz CT molecular complexity index is 1150. The quantitative estimate of drug-likeness (QED) is 0.510. The van der Waals surface area contributed by atoms with E-state index in [2.05, 4.69) is 4.98 Å². The van der Waals surface area contributed by atoms with Crippen molar-refractivity contribution in [2.24, 2.45) is 0 Å². The Balaban J connectivity index is 1.78. The standard InChI is InChI=1S/C21H15N3O6/c25-20-18(14-6-2-1-3-7-14)30-16-9-10-17(24(28)29)22-19(16)23(20)12-13-5-4-8-15(11-13)21(26)27/h1-11,18H,12H2,(H,26,27). The number of rotatable bonds is 5. The lowest BCUT2D eigenvalue weighted by atomic mass is 10.1. The second-order valence-corrected chi connectivity index (χ2v) is 6.59. The number of aromatic carboxylic acids is 1. The third-order valence-corrected chi connectivity index (χ3v) is 4.62. The molecule has 4 rings (SSSR count). The van der Waals surface area contributed by atoms with Crippen molar-refractivity contribution in [2.75, 3.05) is 4.90 Å². The van der Waals surface area contributed by atoms with Gasteiger partial charge >= 0.3 is 11.8 Å². The lowest BCUT2D eigenvalue weighted by Gasteiger charge is -2.31. The van der Waals surface area contributed by atoms with Crippen LogP contribution in [0.15, 0.2) is 66.7 Å². The Morgan fingerprint density at radius 3 is 2.60 bits per heavy atom. The molecule has 0 fully saturated rings. The number of fused-ring (bicyclic) bond motifs is 1. The molecular formula is C21H15N3O6. The summed E-state index contributed by atoms with van der Waals surface area (Å²) in [5, 5.41) is 20.4. The number of amides is 1. The number of ether oxygens (including phenoxy) is 1. The van der Waals surface area contributed by atoms with Gasteiger partial charge in [-0.25, -0.2) is 4.79 Å². The number of carbonyl (C=O) groups is 2. The van der Waals surface area contributed by atoms with Crippen molar-refractivity contribution in [1.82, 2.24) is 4.98 Å². The van der Waals surface area contributed by atoms with Crippen molar-refractivity contribution in [3.63, 3.8) is 0 Å². The van der Waals surface area contributed by atoms with E-state index >= 15 is 0 Å². The van der Waals surface area contributed by atoms with E-state index in [1.807, 2.05) is 6.07 Å². The second kappa shape index (κ2) is 7.63. The lowest BCUT2D eigenvalue weighted by molar-refractivity contribution is -0.389. The summed E-state index contributed by atoms with van der Waals surface area (Å²) >= 11 is 0. The molecule has 1 aliphatic heterocycles. The zero-order valence-electron chi connectivity index (χ0n) is 15.5. The van der Waals surface area contributed by atoms with Crippen LogP contribution in [0.25, 0.3) is 0 Å². The summed E-state index contributed by atoms with van der Waals surface area (Å²) in [6.07, 6.45) is -0.954. The number of hydrogen-bond donors (Lipinski definition) is 1. The molecular weight excluding hydrogens is 390 g/mol. The van der Waals surface area contributed by atoms with E-state index < -0.39 is 28.7 Å². The van der Waals surface area contributed by atoms with Gasteiger partial charge in [-0.2, -0.15) is 0 Å². The Labute approximate surface area is 170 Å². The molecule has 0 aliphatic carbocycles. The molecule has 1 amide bonds. The average Bonchev–Trinajstić information content (AvgIpc) is 2.76. The fourth-order valence-corrected chi connectivity index (χ4v) is 3.21. The van der Waals surface area contributed by atoms with Gasteiger partial charge in [-0.15, -0.1) is 0 Å². The molecule has 2 heterocycles. The number of carboxylic acids is 1. The van der Waals surface area contributed by atoms with E-state index in [0.717, 1.165) is 0 Å². The van der Waals surface area contributed by atoms with Gasteiger partial charge in [-0.1, -0.05) is 42.5 Å². The summed E-state index contributed by atoms with van der Waals surface area (Å²) in [7, 11) is 0. The van der Waals surface area contributed by atoms with Gasteiger partial charge in [0.2, 0.25) is 6.10 Å². The molecule has 150 valence electrons. The fraction of sp³-hybridized carbons (Fsp3) is 0.0952. The molecule has 1 atom stereocenters. The highest BCUT2D eigenvalue weighted by atomic mass is 16.6. The van der Waals surface area contributed by atoms with Crippen LogP contribution in [0.5, 0.6) is 5.75 Å². The number of carboxylic acid groups (broad SMARTS) is 1. The molecule has 0 saturated heterocycles. The fourth-order valence-electron chi connectivity index (χ4n) is 3.21. The Morgan fingerprint density at radius 1 is 1.13 bits per heavy atom. The first kappa shape index (κ1) is 19.1. The molecule has 1 unspecified atom stereocenters. The molecule has 9 nitrogen and oxygen atoms in total. The van der Waals surface area contributed by atoms with Crippen LogP contribution in [-0.4, -0.2) is 26.9 Å². The summed E-state index contributed by atoms with van der Waals surface area (Å²) in [4.78, 5) is 40.3. The van der Waals surface area contributed by atoms with Gasteiger partial charge in [0, 0.05) is 11.6 Å². The van der Waals surface area contributed by atoms with E-state index in [0.29, 0.717) is 11.1 Å². The predicted octanol–water partition coefficient (Wildman–Crippen LogP) is 3.35. The molecule has 2 aromatic carbocycles. The Kier molecular flexibility index (Phi) is 4.85. The second-order valence-electron chi connectivity index (χ2n) is 6.59. The van der Waals surface area contributed by atoms with Crippen LogP contribution in [0.4, 0.5) is 11.6 Å². The van der Waals surface area contributed by atoms with Crippen LogP contribution < -0.4 is 9.64 Å². The molecule has 0 spiro atoms. The van der Waals surface area contributed by atoms with Crippen LogP contribution in [0.2, 0.25) is 0 Å². The van der Waals surface area contributed by atoms with Gasteiger partial charge in [0.15, 0.2) is 5.75 Å². The number of hydrogen-bond acceptors (Lipinski definition) is 6. The smallest absolute Gasteiger partial charge is 0.366 e. The molecule has 9 heteroatoms. The number of aromatic nitrogens is 1. The average molecular weight is 405 g/mol. The largest absolute Gasteiger partial charge is 0.478 e. The first-order valence-electron chi connectivity index (χ1n) is 8.94. The maximum atomic E-state index is 13.3. The summed E-state index contributed by atoms with van der Waals surface area (Å²) in [6, 6.07) is 17.6. The monoisotopic (exact) mass is 405 g/mol. The number of carbonyl (C=O) groups excluding carboxylic acids is 1. The van der Waals surface area contributed by atoms with Gasteiger partial charge in [-0.05, 0) is 33.7 Å². The van der Waals surface area contributed by atoms with Crippen molar-refractivity contribution in [3.8, 4) is 5.75 Å². The molecule has 1 aliphatic rings. The highest BCUT2D eigenvalue weighted by Crippen LogP contribution is 2.39. The van der Waals surface area contributed by atoms with Crippen LogP contribution >= 0.6 is 0 Å². The third kappa shape index (κ3) is 3.55. The van der Waals surface area contributed by atoms with Gasteiger partial charge < -0.3 is 20.0 Å². The highest BCUT2D eigenvalue weighted by molar-refractivity contribution is 5.99. The maximum Gasteiger partial charge on any atom is 0.366 e. The van der Waals surface area contributed by atoms with Crippen molar-refractivity contribution >= 4 is 23.5 Å². The number of pyridine rings is 1. The zero-order valence-corrected chi connectivity index (χ0v) is 15.5. The lowest BCUT2D eigenvalue weighted by Crippen LogP contribution is -2.41. The van der Waals surface area contributed by atoms with Gasteiger partial charge in [0.05, 0.1) is 12.1 Å². The number of benzene rings is 2. The molecule has 0 saturated carbocycles. The first-order chi connectivity index (χ1) is 14.4. The molecule has 0 bridgehead atoms. The summed E-state index contributed by atoms with van der Waals surface area (Å²) in [6.45, 7) is -0.0200. The summed E-state index contributed by atoms with van der Waals surface area (Å²) < 4.78 is 5.82. The van der Waals surface area contributed by atoms with Crippen LogP contribution in [0.1, 0.15) is 27.6 Å². The van der Waals surface area contributed by atoms with E-state index in [1.165, 1.54) is 29.2 Å². The Hall–Kier alpha value is -4.27. The summed E-state index contributed by atoms with van der Waals surface area (Å²) in [5.41, 5.74) is 1.23. The summed E-state index contributed by atoms with van der Waals surface area (Å²) in [5.74, 6) is -1.73. The maximum absolute atomic E-state index is 13.3. The van der Waals surface area contributed by atoms with Crippen molar-refractivity contribution in [1.29, 1.82) is 0 Å². The van der Waals surface area contributed by atoms with E-state index in [9.17, 15) is 24.8 Å². The van der Waals surface area contributed by atoms with Crippen molar-refractivity contribution in [3.05, 3.63) is 93.5 Å². The molecule has 0 radical (unpaired) electrons. The molecule has 3 aromatic rings. The number of nitro groups is 1. The van der Waals surface area contributed by atoms with Crippen molar-refractivity contribution in [2.45, 2.75) is 12.6 Å². The first-order valence-corrected chi connectivity index (χ1v) is 8.94. The van der Waals surface area contributed by atoms with Crippen LogP contribution in [-0.2, 0) is 11.3 Å². The minimum Gasteiger partial charge on any atom is -0.478 e. The van der Waals surface area contributed by atoms with E-state index in [4.69, 9.17) is 4.74 Å². The van der Waals surface area contributed by atoms with Gasteiger partial charge in [0.25, 0.3) is 11.7 Å².